The normalized spacial score (nSPS) is 13.5. The van der Waals surface area contributed by atoms with Gasteiger partial charge in [-0.1, -0.05) is 42.5 Å². The third-order valence-electron chi connectivity index (χ3n) is 5.76. The van der Waals surface area contributed by atoms with Crippen LogP contribution in [0.15, 0.2) is 81.4 Å². The minimum atomic E-state index is -0.361. The highest BCUT2D eigenvalue weighted by Gasteiger charge is 2.28. The number of hydrogen-bond acceptors (Lipinski definition) is 4. The Morgan fingerprint density at radius 3 is 2.21 bits per heavy atom. The Balaban J connectivity index is 1.52. The number of nitrogens with one attached hydrogen (secondary N) is 2. The van der Waals surface area contributed by atoms with Gasteiger partial charge in [0.15, 0.2) is 5.49 Å². The van der Waals surface area contributed by atoms with E-state index in [9.17, 15) is 14.4 Å². The first kappa shape index (κ1) is 21.1. The van der Waals surface area contributed by atoms with Crippen LogP contribution in [0.3, 0.4) is 0 Å². The fourth-order valence-electron chi connectivity index (χ4n) is 4.01. The monoisotopic (exact) mass is 451 g/mol. The van der Waals surface area contributed by atoms with E-state index in [1.807, 2.05) is 55.5 Å². The lowest BCUT2D eigenvalue weighted by molar-refractivity contribution is 0.0994. The molecule has 8 heteroatoms. The van der Waals surface area contributed by atoms with E-state index in [1.54, 1.807) is 37.3 Å². The maximum Gasteiger partial charge on any atom is 0.282 e. The maximum atomic E-state index is 13.0. The predicted molar refractivity (Wildman–Crippen MR) is 130 cm³/mol. The Hall–Kier alpha value is -4.72. The number of carbonyl (C=O) groups excluding carboxylic acids is 1. The summed E-state index contributed by atoms with van der Waals surface area (Å²) >= 11 is 0. The molecule has 0 unspecified atom stereocenters. The van der Waals surface area contributed by atoms with Crippen molar-refractivity contribution in [1.82, 2.24) is 14.8 Å². The summed E-state index contributed by atoms with van der Waals surface area (Å²) in [5.41, 5.74) is 3.10. The highest BCUT2D eigenvalue weighted by atomic mass is 16.2. The maximum absolute atomic E-state index is 13.0. The molecule has 1 aliphatic heterocycles. The van der Waals surface area contributed by atoms with Gasteiger partial charge in [0.25, 0.3) is 17.0 Å². The Kier molecular flexibility index (Phi) is 5.18. The molecule has 1 aliphatic rings. The molecule has 0 fully saturated rings. The summed E-state index contributed by atoms with van der Waals surface area (Å²) in [5.74, 6) is -0.305. The molecule has 0 radical (unpaired) electrons. The van der Waals surface area contributed by atoms with Crippen LogP contribution < -0.4 is 26.8 Å². The molecule has 4 aromatic rings. The molecule has 34 heavy (non-hydrogen) atoms. The lowest BCUT2D eigenvalue weighted by atomic mass is 10.1. The Bertz CT molecular complexity index is 1680. The summed E-state index contributed by atoms with van der Waals surface area (Å²) in [6, 6.07) is 18.3. The van der Waals surface area contributed by atoms with Crippen LogP contribution in [0.1, 0.15) is 27.2 Å². The van der Waals surface area contributed by atoms with E-state index < -0.39 is 0 Å². The molecule has 0 aliphatic carbocycles. The van der Waals surface area contributed by atoms with Crippen molar-refractivity contribution in [3.05, 3.63) is 121 Å². The largest absolute Gasteiger partial charge is 0.304 e. The number of anilines is 1. The number of carbonyl (C=O) groups is 1. The third kappa shape index (κ3) is 3.51. The van der Waals surface area contributed by atoms with Crippen molar-refractivity contribution in [2.75, 3.05) is 5.01 Å². The number of fused-ring (bicyclic) bond motifs is 1. The van der Waals surface area contributed by atoms with Gasteiger partial charge in [-0.25, -0.2) is 4.68 Å². The van der Waals surface area contributed by atoms with Crippen molar-refractivity contribution in [3.63, 3.8) is 0 Å². The van der Waals surface area contributed by atoms with Crippen LogP contribution in [0.5, 0.6) is 0 Å². The predicted octanol–water partition coefficient (Wildman–Crippen LogP) is 2.16. The number of amides is 1. The van der Waals surface area contributed by atoms with Crippen LogP contribution >= 0.6 is 0 Å². The van der Waals surface area contributed by atoms with Crippen LogP contribution in [0.4, 0.5) is 5.69 Å². The van der Waals surface area contributed by atoms with Gasteiger partial charge in [-0.2, -0.15) is 5.01 Å². The summed E-state index contributed by atoms with van der Waals surface area (Å²) in [4.78, 5) is 41.3. The van der Waals surface area contributed by atoms with Gasteiger partial charge in [0, 0.05) is 10.9 Å². The molecule has 3 heterocycles. The van der Waals surface area contributed by atoms with E-state index in [0.29, 0.717) is 33.3 Å². The quantitative estimate of drug-likeness (QED) is 0.497. The van der Waals surface area contributed by atoms with Crippen LogP contribution in [-0.4, -0.2) is 20.7 Å². The smallest absolute Gasteiger partial charge is 0.282 e. The van der Waals surface area contributed by atoms with Crippen molar-refractivity contribution in [3.8, 4) is 5.69 Å². The molecule has 0 saturated heterocycles. The number of nitrogens with zero attached hydrogens (tertiary/aromatic N) is 3. The second kappa shape index (κ2) is 8.32. The number of allylic oxidation sites excluding steroid dienone is 1. The lowest BCUT2D eigenvalue weighted by Gasteiger charge is -2.11. The molecule has 2 N–H and O–H groups in total. The highest BCUT2D eigenvalue weighted by Crippen LogP contribution is 2.19. The molecule has 0 bridgehead atoms. The second-order valence-corrected chi connectivity index (χ2v) is 7.92. The molecule has 0 atom stereocenters. The molecule has 1 amide bonds. The van der Waals surface area contributed by atoms with E-state index in [1.165, 1.54) is 9.69 Å². The van der Waals surface area contributed by atoms with E-state index >= 15 is 0 Å². The Morgan fingerprint density at radius 1 is 0.882 bits per heavy atom. The average molecular weight is 451 g/mol. The van der Waals surface area contributed by atoms with E-state index in [4.69, 9.17) is 0 Å². The lowest BCUT2D eigenvalue weighted by Crippen LogP contribution is -2.38. The number of aromatic amines is 2. The molecular formula is C26H21N5O3. The standard InChI is InChI=1S/C26H21N5O3/c1-16-20(14-9-15-21-17(2)28-30(25(21)33)18-10-5-3-6-11-18)24(32)27-23-22(16)26(34)31(29-23)19-12-7-4-8-13-19/h3-15,28H,1-2H3,(H,27,29,32). The molecule has 5 rings (SSSR count). The van der Waals surface area contributed by atoms with Gasteiger partial charge in [-0.15, -0.1) is 5.10 Å². The summed E-state index contributed by atoms with van der Waals surface area (Å²) < 4.78 is 1.47. The number of para-hydroxylation sites is 2. The van der Waals surface area contributed by atoms with Crippen molar-refractivity contribution >= 4 is 23.7 Å². The van der Waals surface area contributed by atoms with E-state index in [0.717, 1.165) is 5.69 Å². The van der Waals surface area contributed by atoms with Crippen molar-refractivity contribution in [1.29, 1.82) is 0 Å². The Morgan fingerprint density at radius 2 is 1.53 bits per heavy atom. The van der Waals surface area contributed by atoms with Crippen molar-refractivity contribution in [2.24, 2.45) is 5.10 Å². The fraction of sp³-hybridized carbons (Fsp3) is 0.0769. The molecule has 2 aromatic carbocycles. The average Bonchev–Trinajstić information content (AvgIpc) is 3.32. The molecular weight excluding hydrogens is 430 g/mol. The first-order valence-corrected chi connectivity index (χ1v) is 10.7. The number of pyridine rings is 1. The number of hydrogen-bond donors (Lipinski definition) is 2. The van der Waals surface area contributed by atoms with Gasteiger partial charge in [0.1, 0.15) is 0 Å². The van der Waals surface area contributed by atoms with E-state index in [2.05, 4.69) is 15.2 Å². The van der Waals surface area contributed by atoms with Crippen molar-refractivity contribution in [2.45, 2.75) is 13.8 Å². The summed E-state index contributed by atoms with van der Waals surface area (Å²) in [6.45, 7) is 3.53. The van der Waals surface area contributed by atoms with Gasteiger partial charge in [0.05, 0.1) is 22.5 Å². The second-order valence-electron chi connectivity index (χ2n) is 7.92. The van der Waals surface area contributed by atoms with E-state index in [-0.39, 0.29) is 22.5 Å². The zero-order valence-electron chi connectivity index (χ0n) is 18.6. The molecule has 0 spiro atoms. The van der Waals surface area contributed by atoms with Crippen LogP contribution in [0.2, 0.25) is 0 Å². The number of rotatable bonds is 4. The topological polar surface area (TPSA) is 103 Å². The summed E-state index contributed by atoms with van der Waals surface area (Å²) in [5, 5.41) is 8.98. The number of aryl methyl sites for hydroxylation is 1. The number of benzene rings is 2. The minimum absolute atomic E-state index is 0.194. The molecule has 8 nitrogen and oxygen atoms in total. The number of aromatic nitrogens is 3. The highest BCUT2D eigenvalue weighted by molar-refractivity contribution is 6.07. The number of H-pyrrole nitrogens is 2. The van der Waals surface area contributed by atoms with Gasteiger partial charge in [-0.3, -0.25) is 19.5 Å². The van der Waals surface area contributed by atoms with Gasteiger partial charge in [0.2, 0.25) is 0 Å². The SMILES string of the molecule is Cc1[nH]n(-c2ccccc2)c(=O)c1C=CC=c1c(C)c2c([nH]c1=O)=NN(c1ccccc1)C2=O. The molecule has 2 aromatic heterocycles. The first-order valence-electron chi connectivity index (χ1n) is 10.7. The zero-order valence-corrected chi connectivity index (χ0v) is 18.6. The van der Waals surface area contributed by atoms with Crippen LogP contribution in [0.25, 0.3) is 17.8 Å². The Labute approximate surface area is 193 Å². The van der Waals surface area contributed by atoms with Gasteiger partial charge in [-0.05, 0) is 55.8 Å². The summed E-state index contributed by atoms with van der Waals surface area (Å²) in [7, 11) is 0. The van der Waals surface area contributed by atoms with Crippen LogP contribution in [0, 0.1) is 13.8 Å². The van der Waals surface area contributed by atoms with Gasteiger partial charge >= 0.3 is 0 Å². The minimum Gasteiger partial charge on any atom is -0.304 e. The fourth-order valence-corrected chi connectivity index (χ4v) is 4.01. The molecule has 0 saturated carbocycles. The first-order chi connectivity index (χ1) is 16.5. The molecule has 168 valence electrons. The third-order valence-corrected chi connectivity index (χ3v) is 5.76. The zero-order chi connectivity index (χ0) is 23.8. The summed E-state index contributed by atoms with van der Waals surface area (Å²) in [6.07, 6.45) is 4.90. The van der Waals surface area contributed by atoms with Crippen LogP contribution in [-0.2, 0) is 0 Å². The van der Waals surface area contributed by atoms with Gasteiger partial charge < -0.3 is 4.98 Å². The van der Waals surface area contributed by atoms with Crippen molar-refractivity contribution < 1.29 is 4.79 Å².